The normalized spacial score (nSPS) is 20.6. The molecule has 17 heavy (non-hydrogen) atoms. The van der Waals surface area contributed by atoms with Crippen molar-refractivity contribution in [2.75, 3.05) is 17.3 Å². The van der Waals surface area contributed by atoms with Gasteiger partial charge in [-0.1, -0.05) is 11.6 Å². The van der Waals surface area contributed by atoms with Gasteiger partial charge in [0.15, 0.2) is 0 Å². The molecule has 2 nitrogen and oxygen atoms in total. The highest BCUT2D eigenvalue weighted by molar-refractivity contribution is 9.10. The third-order valence-corrected chi connectivity index (χ3v) is 4.06. The lowest BCUT2D eigenvalue weighted by Gasteiger charge is -2.37. The van der Waals surface area contributed by atoms with Crippen LogP contribution in [0.5, 0.6) is 0 Å². The Kier molecular flexibility index (Phi) is 4.95. The highest BCUT2D eigenvalue weighted by Gasteiger charge is 2.24. The van der Waals surface area contributed by atoms with E-state index in [1.165, 1.54) is 19.3 Å². The highest BCUT2D eigenvalue weighted by Crippen LogP contribution is 2.32. The van der Waals surface area contributed by atoms with Crippen LogP contribution in [0.25, 0.3) is 0 Å². The van der Waals surface area contributed by atoms with E-state index in [-0.39, 0.29) is 0 Å². The number of hydrogen-bond donors (Lipinski definition) is 0. The third-order valence-electron chi connectivity index (χ3n) is 3.13. The van der Waals surface area contributed by atoms with Gasteiger partial charge in [0.25, 0.3) is 0 Å². The molecule has 0 amide bonds. The van der Waals surface area contributed by atoms with Crippen molar-refractivity contribution < 1.29 is 0 Å². The summed E-state index contributed by atoms with van der Waals surface area (Å²) in [6.45, 7) is 1.02. The van der Waals surface area contributed by atoms with E-state index >= 15 is 0 Å². The van der Waals surface area contributed by atoms with Crippen molar-refractivity contribution in [2.24, 2.45) is 0 Å². The summed E-state index contributed by atoms with van der Waals surface area (Å²) in [5, 5.41) is 0.709. The number of nitrogens with zero attached hydrogens (tertiary/aromatic N) is 2. The zero-order valence-electron chi connectivity index (χ0n) is 9.50. The maximum absolute atomic E-state index is 6.26. The van der Waals surface area contributed by atoms with Crippen LogP contribution in [-0.4, -0.2) is 23.5 Å². The Morgan fingerprint density at radius 1 is 1.47 bits per heavy atom. The molecule has 1 unspecified atom stereocenters. The Bertz CT molecular complexity index is 385. The van der Waals surface area contributed by atoms with Gasteiger partial charge < -0.3 is 4.90 Å². The molecule has 1 aromatic heterocycles. The minimum Gasteiger partial charge on any atom is -0.352 e. The van der Waals surface area contributed by atoms with Crippen molar-refractivity contribution in [3.63, 3.8) is 0 Å². The van der Waals surface area contributed by atoms with E-state index in [4.69, 9.17) is 23.2 Å². The van der Waals surface area contributed by atoms with Gasteiger partial charge in [-0.15, -0.1) is 11.6 Å². The van der Waals surface area contributed by atoms with E-state index in [9.17, 15) is 0 Å². The number of alkyl halides is 1. The van der Waals surface area contributed by atoms with Crippen molar-refractivity contribution in [3.8, 4) is 0 Å². The van der Waals surface area contributed by atoms with Crippen LogP contribution < -0.4 is 4.90 Å². The second kappa shape index (κ2) is 6.26. The molecule has 2 heterocycles. The van der Waals surface area contributed by atoms with Crippen LogP contribution in [0.1, 0.15) is 25.7 Å². The molecule has 2 rings (SSSR count). The monoisotopic (exact) mass is 336 g/mol. The molecular weight excluding hydrogens is 323 g/mol. The van der Waals surface area contributed by atoms with Crippen molar-refractivity contribution in [1.29, 1.82) is 0 Å². The Hall–Kier alpha value is 0.01000. The van der Waals surface area contributed by atoms with Crippen LogP contribution in [0.15, 0.2) is 16.7 Å². The fourth-order valence-corrected chi connectivity index (χ4v) is 3.31. The standard InChI is InChI=1S/C12H15BrCl2N2/c13-9-7-11(15)12(16-8-9)17-6-2-1-3-10(17)4-5-14/h7-8,10H,1-6H2. The van der Waals surface area contributed by atoms with Crippen LogP contribution in [0.3, 0.4) is 0 Å². The summed E-state index contributed by atoms with van der Waals surface area (Å²) < 4.78 is 0.914. The van der Waals surface area contributed by atoms with Crippen molar-refractivity contribution in [2.45, 2.75) is 31.7 Å². The van der Waals surface area contributed by atoms with Gasteiger partial charge in [-0.25, -0.2) is 4.98 Å². The van der Waals surface area contributed by atoms with Crippen molar-refractivity contribution in [3.05, 3.63) is 21.8 Å². The van der Waals surface area contributed by atoms with Crippen LogP contribution in [0, 0.1) is 0 Å². The molecule has 0 aliphatic carbocycles. The number of hydrogen-bond acceptors (Lipinski definition) is 2. The Morgan fingerprint density at radius 2 is 2.29 bits per heavy atom. The molecule has 0 N–H and O–H groups in total. The first-order chi connectivity index (χ1) is 8.22. The van der Waals surface area contributed by atoms with E-state index in [1.54, 1.807) is 6.20 Å². The van der Waals surface area contributed by atoms with Gasteiger partial charge in [-0.2, -0.15) is 0 Å². The first-order valence-corrected chi connectivity index (χ1v) is 7.56. The van der Waals surface area contributed by atoms with Crippen LogP contribution in [-0.2, 0) is 0 Å². The van der Waals surface area contributed by atoms with Gasteiger partial charge in [0.05, 0.1) is 5.02 Å². The maximum Gasteiger partial charge on any atom is 0.147 e. The van der Waals surface area contributed by atoms with Crippen LogP contribution in [0.2, 0.25) is 5.02 Å². The molecule has 0 bridgehead atoms. The number of anilines is 1. The summed E-state index contributed by atoms with van der Waals surface area (Å²) in [5.41, 5.74) is 0. The molecular formula is C12H15BrCl2N2. The Morgan fingerprint density at radius 3 is 3.00 bits per heavy atom. The molecule has 1 aliphatic heterocycles. The summed E-state index contributed by atoms with van der Waals surface area (Å²) in [4.78, 5) is 6.74. The van der Waals surface area contributed by atoms with E-state index in [1.807, 2.05) is 6.07 Å². The number of aromatic nitrogens is 1. The van der Waals surface area contributed by atoms with Gasteiger partial charge in [0.1, 0.15) is 5.82 Å². The summed E-state index contributed by atoms with van der Waals surface area (Å²) in [5.74, 6) is 1.58. The first kappa shape index (κ1) is 13.4. The average Bonchev–Trinajstić information content (AvgIpc) is 2.31. The lowest BCUT2D eigenvalue weighted by atomic mass is 10.00. The zero-order chi connectivity index (χ0) is 12.3. The topological polar surface area (TPSA) is 16.1 Å². The molecule has 1 aliphatic rings. The number of rotatable bonds is 3. The average molecular weight is 338 g/mol. The Balaban J connectivity index is 2.23. The zero-order valence-corrected chi connectivity index (χ0v) is 12.6. The number of halogens is 3. The van der Waals surface area contributed by atoms with E-state index in [2.05, 4.69) is 25.8 Å². The van der Waals surface area contributed by atoms with Gasteiger partial charge in [0.2, 0.25) is 0 Å². The molecule has 1 aromatic rings. The molecule has 0 radical (unpaired) electrons. The molecule has 5 heteroatoms. The molecule has 0 saturated carbocycles. The van der Waals surface area contributed by atoms with Gasteiger partial charge >= 0.3 is 0 Å². The summed E-state index contributed by atoms with van der Waals surface area (Å²) in [7, 11) is 0. The van der Waals surface area contributed by atoms with Crippen LogP contribution >= 0.6 is 39.1 Å². The van der Waals surface area contributed by atoms with Crippen molar-refractivity contribution >= 4 is 44.9 Å². The minimum absolute atomic E-state index is 0.479. The fourth-order valence-electron chi connectivity index (χ4n) is 2.32. The second-order valence-corrected chi connectivity index (χ2v) is 5.98. The minimum atomic E-state index is 0.479. The lowest BCUT2D eigenvalue weighted by molar-refractivity contribution is 0.448. The van der Waals surface area contributed by atoms with Gasteiger partial charge in [0, 0.05) is 29.1 Å². The van der Waals surface area contributed by atoms with E-state index in [0.29, 0.717) is 16.9 Å². The second-order valence-electron chi connectivity index (χ2n) is 4.28. The summed E-state index contributed by atoms with van der Waals surface area (Å²) in [6, 6.07) is 2.38. The van der Waals surface area contributed by atoms with E-state index < -0.39 is 0 Å². The largest absolute Gasteiger partial charge is 0.352 e. The molecule has 1 fully saturated rings. The molecule has 1 saturated heterocycles. The number of piperidine rings is 1. The third kappa shape index (κ3) is 3.27. The van der Waals surface area contributed by atoms with Crippen molar-refractivity contribution in [1.82, 2.24) is 4.98 Å². The molecule has 1 atom stereocenters. The predicted octanol–water partition coefficient (Wildman–Crippen LogP) is 4.49. The first-order valence-electron chi connectivity index (χ1n) is 5.86. The smallest absolute Gasteiger partial charge is 0.147 e. The van der Waals surface area contributed by atoms with Gasteiger partial charge in [-0.3, -0.25) is 0 Å². The van der Waals surface area contributed by atoms with E-state index in [0.717, 1.165) is 23.3 Å². The Labute approximate surface area is 120 Å². The molecule has 94 valence electrons. The number of pyridine rings is 1. The fraction of sp³-hybridized carbons (Fsp3) is 0.583. The lowest BCUT2D eigenvalue weighted by Crippen LogP contribution is -2.40. The maximum atomic E-state index is 6.26. The van der Waals surface area contributed by atoms with Crippen LogP contribution in [0.4, 0.5) is 5.82 Å². The summed E-state index contributed by atoms with van der Waals surface area (Å²) >= 11 is 15.5. The molecule has 0 aromatic carbocycles. The predicted molar refractivity (Wildman–Crippen MR) is 77.3 cm³/mol. The molecule has 0 spiro atoms. The quantitative estimate of drug-likeness (QED) is 0.755. The van der Waals surface area contributed by atoms with Gasteiger partial charge in [-0.05, 0) is 47.7 Å². The summed E-state index contributed by atoms with van der Waals surface area (Å²) in [6.07, 6.45) is 6.45. The highest BCUT2D eigenvalue weighted by atomic mass is 79.9. The SMILES string of the molecule is ClCCC1CCCCN1c1ncc(Br)cc1Cl.